The van der Waals surface area contributed by atoms with Gasteiger partial charge in [-0.15, -0.1) is 0 Å². The van der Waals surface area contributed by atoms with Crippen molar-refractivity contribution in [1.82, 2.24) is 0 Å². The molecule has 24 heavy (non-hydrogen) atoms. The highest BCUT2D eigenvalue weighted by atomic mass is 127. The first kappa shape index (κ1) is 22.4. The Labute approximate surface area is 175 Å². The summed E-state index contributed by atoms with van der Waals surface area (Å²) in [6.07, 6.45) is -5.25. The largest absolute Gasteiger partial charge is 0.506 e. The van der Waals surface area contributed by atoms with Crippen LogP contribution < -0.4 is 0 Å². The SMILES string of the molecule is CC(CS(=O)(=O)O)(OC(=O)c1c(I)cc(I)c(O)c1I)C(F)(F)F. The zero-order chi connectivity index (χ0) is 19.1. The average Bonchev–Trinajstić information content (AvgIpc) is 2.32. The second-order valence-corrected chi connectivity index (χ2v) is 9.58. The van der Waals surface area contributed by atoms with Gasteiger partial charge in [0.2, 0.25) is 5.60 Å². The number of ether oxygens (including phenoxy) is 1. The summed E-state index contributed by atoms with van der Waals surface area (Å²) in [6, 6.07) is 1.35. The van der Waals surface area contributed by atoms with Gasteiger partial charge in [0, 0.05) is 3.57 Å². The van der Waals surface area contributed by atoms with Crippen LogP contribution in [0.4, 0.5) is 13.2 Å². The Morgan fingerprint density at radius 1 is 1.25 bits per heavy atom. The Balaban J connectivity index is 3.37. The van der Waals surface area contributed by atoms with Gasteiger partial charge in [-0.05, 0) is 80.8 Å². The van der Waals surface area contributed by atoms with Crippen LogP contribution in [0.2, 0.25) is 0 Å². The minimum Gasteiger partial charge on any atom is -0.506 e. The van der Waals surface area contributed by atoms with Crippen molar-refractivity contribution in [1.29, 1.82) is 0 Å². The molecule has 0 radical (unpaired) electrons. The summed E-state index contributed by atoms with van der Waals surface area (Å²) in [6.45, 7) is 0.338. The third kappa shape index (κ3) is 5.19. The Morgan fingerprint density at radius 3 is 2.17 bits per heavy atom. The van der Waals surface area contributed by atoms with Crippen molar-refractivity contribution in [3.8, 4) is 5.75 Å². The first-order valence-corrected chi connectivity index (χ1v) is 10.6. The number of phenols is 1. The number of carbonyl (C=O) groups is 1. The molecule has 1 unspecified atom stereocenters. The molecule has 13 heteroatoms. The fourth-order valence-corrected chi connectivity index (χ4v) is 6.27. The van der Waals surface area contributed by atoms with Gasteiger partial charge in [-0.25, -0.2) is 4.79 Å². The van der Waals surface area contributed by atoms with Gasteiger partial charge in [0.1, 0.15) is 11.5 Å². The van der Waals surface area contributed by atoms with Gasteiger partial charge in [0.15, 0.2) is 0 Å². The molecule has 2 N–H and O–H groups in total. The van der Waals surface area contributed by atoms with E-state index in [1.807, 2.05) is 0 Å². The average molecular weight is 706 g/mol. The van der Waals surface area contributed by atoms with Gasteiger partial charge in [0.25, 0.3) is 10.1 Å². The monoisotopic (exact) mass is 706 g/mol. The molecule has 0 fully saturated rings. The molecule has 0 saturated carbocycles. The molecule has 0 spiro atoms. The first-order valence-electron chi connectivity index (χ1n) is 5.71. The molecule has 0 aromatic heterocycles. The highest BCUT2D eigenvalue weighted by Gasteiger charge is 2.57. The molecule has 0 heterocycles. The first-order chi connectivity index (χ1) is 10.6. The van der Waals surface area contributed by atoms with E-state index >= 15 is 0 Å². The molecule has 0 saturated heterocycles. The fraction of sp³-hybridized carbons (Fsp3) is 0.364. The van der Waals surface area contributed by atoms with Crippen molar-refractivity contribution in [2.45, 2.75) is 18.7 Å². The molecule has 1 aromatic carbocycles. The Morgan fingerprint density at radius 2 is 1.75 bits per heavy atom. The van der Waals surface area contributed by atoms with Crippen LogP contribution in [0, 0.1) is 10.7 Å². The molecule has 136 valence electrons. The fourth-order valence-electron chi connectivity index (χ4n) is 1.54. The van der Waals surface area contributed by atoms with E-state index in [9.17, 15) is 31.5 Å². The Kier molecular flexibility index (Phi) is 7.05. The molecule has 0 bridgehead atoms. The summed E-state index contributed by atoms with van der Waals surface area (Å²) in [4.78, 5) is 12.2. The van der Waals surface area contributed by atoms with Crippen LogP contribution in [-0.2, 0) is 14.9 Å². The molecule has 1 atom stereocenters. The molecule has 0 aliphatic rings. The highest BCUT2D eigenvalue weighted by molar-refractivity contribution is 14.1. The summed E-state index contributed by atoms with van der Waals surface area (Å²) in [5, 5.41) is 9.82. The van der Waals surface area contributed by atoms with E-state index in [4.69, 9.17) is 4.55 Å². The number of hydrogen-bond donors (Lipinski definition) is 2. The van der Waals surface area contributed by atoms with Crippen LogP contribution in [0.5, 0.6) is 5.75 Å². The molecule has 6 nitrogen and oxygen atoms in total. The third-order valence-corrected chi connectivity index (χ3v) is 6.36. The summed E-state index contributed by atoms with van der Waals surface area (Å²) in [5.74, 6) is -3.63. The molecule has 1 aromatic rings. The topological polar surface area (TPSA) is 101 Å². The van der Waals surface area contributed by atoms with E-state index in [0.717, 1.165) is 0 Å². The van der Waals surface area contributed by atoms with Gasteiger partial charge in [-0.3, -0.25) is 4.55 Å². The number of benzene rings is 1. The van der Waals surface area contributed by atoms with Crippen molar-refractivity contribution < 1.29 is 40.8 Å². The molecular weight excluding hydrogens is 698 g/mol. The molecule has 0 amide bonds. The van der Waals surface area contributed by atoms with E-state index in [-0.39, 0.29) is 18.5 Å². The number of halogens is 6. The number of aromatic hydroxyl groups is 1. The van der Waals surface area contributed by atoms with Crippen LogP contribution in [0.15, 0.2) is 6.07 Å². The van der Waals surface area contributed by atoms with Crippen molar-refractivity contribution in [3.63, 3.8) is 0 Å². The highest BCUT2D eigenvalue weighted by Crippen LogP contribution is 2.38. The number of hydrogen-bond acceptors (Lipinski definition) is 5. The minimum absolute atomic E-state index is 0.0368. The minimum atomic E-state index is -5.25. The number of rotatable bonds is 4. The number of phenolic OH excluding ortho intramolecular Hbond substituents is 1. The van der Waals surface area contributed by atoms with Gasteiger partial charge >= 0.3 is 12.1 Å². The molecule has 0 aliphatic heterocycles. The van der Waals surface area contributed by atoms with E-state index < -0.39 is 33.6 Å². The lowest BCUT2D eigenvalue weighted by Gasteiger charge is -2.30. The zero-order valence-corrected chi connectivity index (χ0v) is 18.8. The molecule has 0 aliphatic carbocycles. The lowest BCUT2D eigenvalue weighted by molar-refractivity contribution is -0.243. The van der Waals surface area contributed by atoms with Crippen LogP contribution in [-0.4, -0.2) is 41.6 Å². The maximum absolute atomic E-state index is 13.1. The summed E-state index contributed by atoms with van der Waals surface area (Å²) < 4.78 is 74.8. The second kappa shape index (κ2) is 7.55. The summed E-state index contributed by atoms with van der Waals surface area (Å²) in [5.41, 5.74) is -3.79. The predicted molar refractivity (Wildman–Crippen MR) is 103 cm³/mol. The van der Waals surface area contributed by atoms with Crippen molar-refractivity contribution in [2.24, 2.45) is 0 Å². The lowest BCUT2D eigenvalue weighted by Crippen LogP contribution is -2.51. The van der Waals surface area contributed by atoms with Crippen LogP contribution in [0.25, 0.3) is 0 Å². The number of esters is 1. The van der Waals surface area contributed by atoms with Crippen molar-refractivity contribution in [2.75, 3.05) is 5.75 Å². The third-order valence-electron chi connectivity index (χ3n) is 2.73. The van der Waals surface area contributed by atoms with Crippen LogP contribution >= 0.6 is 67.8 Å². The standard InChI is InChI=1S/C11H8F3I3O6S/c1-10(11(12,13)14,3-24(20,21)22)23-9(19)6-4(15)2-5(16)8(18)7(6)17/h2,18H,3H2,1H3,(H,20,21,22). The lowest BCUT2D eigenvalue weighted by atomic mass is 10.1. The van der Waals surface area contributed by atoms with Crippen LogP contribution in [0.3, 0.4) is 0 Å². The van der Waals surface area contributed by atoms with E-state index in [2.05, 4.69) is 4.74 Å². The predicted octanol–water partition coefficient (Wildman–Crippen LogP) is 3.57. The maximum Gasteiger partial charge on any atom is 0.429 e. The van der Waals surface area contributed by atoms with Gasteiger partial charge in [0.05, 0.1) is 12.7 Å². The van der Waals surface area contributed by atoms with Crippen molar-refractivity contribution >= 4 is 83.9 Å². The Bertz CT molecular complexity index is 780. The summed E-state index contributed by atoms with van der Waals surface area (Å²) >= 11 is 5.01. The van der Waals surface area contributed by atoms with Gasteiger partial charge in [-0.1, -0.05) is 0 Å². The van der Waals surface area contributed by atoms with Crippen molar-refractivity contribution in [3.05, 3.63) is 22.3 Å². The molecular formula is C11H8F3I3O6S. The van der Waals surface area contributed by atoms with E-state index in [1.165, 1.54) is 6.07 Å². The number of carbonyl (C=O) groups excluding carboxylic acids is 1. The van der Waals surface area contributed by atoms with Crippen LogP contribution in [0.1, 0.15) is 17.3 Å². The van der Waals surface area contributed by atoms with E-state index in [1.54, 1.807) is 67.8 Å². The molecule has 1 rings (SSSR count). The van der Waals surface area contributed by atoms with Gasteiger partial charge in [-0.2, -0.15) is 21.6 Å². The van der Waals surface area contributed by atoms with Gasteiger partial charge < -0.3 is 9.84 Å². The Hall–Kier alpha value is 0.380. The quantitative estimate of drug-likeness (QED) is 0.283. The normalized spacial score (nSPS) is 15.0. The zero-order valence-electron chi connectivity index (χ0n) is 11.5. The number of alkyl halides is 3. The second-order valence-electron chi connectivity index (χ2n) is 4.72. The smallest absolute Gasteiger partial charge is 0.429 e. The summed E-state index contributed by atoms with van der Waals surface area (Å²) in [7, 11) is -5.08. The van der Waals surface area contributed by atoms with E-state index in [0.29, 0.717) is 10.5 Å². The maximum atomic E-state index is 13.1.